The van der Waals surface area contributed by atoms with Crippen LogP contribution >= 0.6 is 22.9 Å². The van der Waals surface area contributed by atoms with Gasteiger partial charge in [0, 0.05) is 6.54 Å². The number of carboxylic acids is 1. The Labute approximate surface area is 108 Å². The van der Waals surface area contributed by atoms with E-state index in [1.54, 1.807) is 5.38 Å². The molecule has 0 amide bonds. The minimum absolute atomic E-state index is 0.0207. The molecule has 1 aromatic heterocycles. The SMILES string of the molecule is O=C(O)C1CCCN1S(=O)(=O)c1sccc1Cl. The van der Waals surface area contributed by atoms with Crippen molar-refractivity contribution in [2.75, 3.05) is 6.54 Å². The van der Waals surface area contributed by atoms with Gasteiger partial charge in [-0.3, -0.25) is 4.79 Å². The highest BCUT2D eigenvalue weighted by atomic mass is 35.5. The van der Waals surface area contributed by atoms with Gasteiger partial charge in [-0.2, -0.15) is 4.31 Å². The van der Waals surface area contributed by atoms with Crippen LogP contribution in [-0.4, -0.2) is 36.4 Å². The van der Waals surface area contributed by atoms with Crippen LogP contribution in [0.15, 0.2) is 15.7 Å². The molecule has 0 spiro atoms. The van der Waals surface area contributed by atoms with E-state index in [1.807, 2.05) is 0 Å². The van der Waals surface area contributed by atoms with Crippen molar-refractivity contribution in [1.29, 1.82) is 0 Å². The maximum Gasteiger partial charge on any atom is 0.322 e. The van der Waals surface area contributed by atoms with Crippen molar-refractivity contribution in [3.8, 4) is 0 Å². The Morgan fingerprint density at radius 1 is 1.59 bits per heavy atom. The maximum atomic E-state index is 12.2. The van der Waals surface area contributed by atoms with Gasteiger partial charge in [-0.15, -0.1) is 11.3 Å². The molecule has 1 atom stereocenters. The highest BCUT2D eigenvalue weighted by Gasteiger charge is 2.40. The second kappa shape index (κ2) is 4.56. The van der Waals surface area contributed by atoms with Crippen LogP contribution in [0.3, 0.4) is 0 Å². The first-order chi connectivity index (χ1) is 7.94. The number of hydrogen-bond acceptors (Lipinski definition) is 4. The summed E-state index contributed by atoms with van der Waals surface area (Å²) in [4.78, 5) is 11.0. The fourth-order valence-electron chi connectivity index (χ4n) is 1.85. The molecule has 2 rings (SSSR count). The van der Waals surface area contributed by atoms with E-state index >= 15 is 0 Å². The predicted octanol–water partition coefficient (Wildman–Crippen LogP) is 1.64. The standard InChI is InChI=1S/C9H10ClNO4S2/c10-6-3-5-16-9(6)17(14,15)11-4-1-2-7(11)8(12)13/h3,5,7H,1-2,4H2,(H,12,13). The molecule has 1 N–H and O–H groups in total. The highest BCUT2D eigenvalue weighted by molar-refractivity contribution is 7.91. The quantitative estimate of drug-likeness (QED) is 0.920. The molecule has 0 aliphatic carbocycles. The minimum Gasteiger partial charge on any atom is -0.480 e. The number of halogens is 1. The van der Waals surface area contributed by atoms with Crippen LogP contribution in [0.5, 0.6) is 0 Å². The summed E-state index contributed by atoms with van der Waals surface area (Å²) in [6.45, 7) is 0.230. The smallest absolute Gasteiger partial charge is 0.322 e. The summed E-state index contributed by atoms with van der Waals surface area (Å²) in [5.74, 6) is -1.11. The number of carbonyl (C=O) groups is 1. The Morgan fingerprint density at radius 3 is 2.82 bits per heavy atom. The van der Waals surface area contributed by atoms with Crippen molar-refractivity contribution >= 4 is 38.9 Å². The van der Waals surface area contributed by atoms with Gasteiger partial charge in [0.25, 0.3) is 10.0 Å². The van der Waals surface area contributed by atoms with E-state index in [1.165, 1.54) is 6.07 Å². The van der Waals surface area contributed by atoms with Gasteiger partial charge in [0.2, 0.25) is 0 Å². The molecule has 0 aromatic carbocycles. The Kier molecular flexibility index (Phi) is 3.44. The number of rotatable bonds is 3. The number of thiophene rings is 1. The first-order valence-electron chi connectivity index (χ1n) is 4.92. The number of aliphatic carboxylic acids is 1. The molecule has 0 saturated carbocycles. The summed E-state index contributed by atoms with van der Waals surface area (Å²) >= 11 is 6.79. The van der Waals surface area contributed by atoms with Crippen LogP contribution in [0.1, 0.15) is 12.8 Å². The Morgan fingerprint density at radius 2 is 2.29 bits per heavy atom. The Hall–Kier alpha value is -0.630. The lowest BCUT2D eigenvalue weighted by atomic mass is 10.2. The summed E-state index contributed by atoms with van der Waals surface area (Å²) in [5, 5.41) is 10.7. The second-order valence-electron chi connectivity index (χ2n) is 3.67. The molecule has 5 nitrogen and oxygen atoms in total. The van der Waals surface area contributed by atoms with E-state index in [9.17, 15) is 13.2 Å². The summed E-state index contributed by atoms with van der Waals surface area (Å²) < 4.78 is 25.5. The molecule has 94 valence electrons. The van der Waals surface area contributed by atoms with Crippen molar-refractivity contribution in [1.82, 2.24) is 4.31 Å². The summed E-state index contributed by atoms with van der Waals surface area (Å²) in [5.41, 5.74) is 0. The molecule has 1 aromatic rings. The molecule has 1 unspecified atom stereocenters. The Balaban J connectivity index is 2.40. The zero-order chi connectivity index (χ0) is 12.6. The van der Waals surface area contributed by atoms with Crippen molar-refractivity contribution in [2.45, 2.75) is 23.1 Å². The van der Waals surface area contributed by atoms with E-state index in [2.05, 4.69) is 0 Å². The average Bonchev–Trinajstić information content (AvgIpc) is 2.84. The lowest BCUT2D eigenvalue weighted by molar-refractivity contribution is -0.140. The minimum atomic E-state index is -3.78. The molecule has 8 heteroatoms. The number of sulfonamides is 1. The first kappa shape index (κ1) is 12.8. The van der Waals surface area contributed by atoms with Gasteiger partial charge in [0.05, 0.1) is 5.02 Å². The second-order valence-corrected chi connectivity index (χ2v) is 7.08. The van der Waals surface area contributed by atoms with E-state index in [0.717, 1.165) is 15.6 Å². The molecular weight excluding hydrogens is 286 g/mol. The van der Waals surface area contributed by atoms with Gasteiger partial charge >= 0.3 is 5.97 Å². The van der Waals surface area contributed by atoms with Crippen LogP contribution in [0.4, 0.5) is 0 Å². The average molecular weight is 296 g/mol. The zero-order valence-electron chi connectivity index (χ0n) is 8.67. The largest absolute Gasteiger partial charge is 0.480 e. The first-order valence-corrected chi connectivity index (χ1v) is 7.62. The van der Waals surface area contributed by atoms with Crippen LogP contribution in [0.2, 0.25) is 5.02 Å². The van der Waals surface area contributed by atoms with Crippen LogP contribution in [-0.2, 0) is 14.8 Å². The third-order valence-electron chi connectivity index (χ3n) is 2.62. The van der Waals surface area contributed by atoms with Gasteiger partial charge in [-0.1, -0.05) is 11.6 Å². The molecule has 17 heavy (non-hydrogen) atoms. The van der Waals surface area contributed by atoms with Gasteiger partial charge in [0.15, 0.2) is 4.21 Å². The van der Waals surface area contributed by atoms with E-state index in [0.29, 0.717) is 12.8 Å². The van der Waals surface area contributed by atoms with Crippen molar-refractivity contribution in [2.24, 2.45) is 0 Å². The molecule has 1 aliphatic rings. The molecule has 1 saturated heterocycles. The fourth-order valence-corrected chi connectivity index (χ4v) is 5.29. The van der Waals surface area contributed by atoms with Crippen LogP contribution in [0.25, 0.3) is 0 Å². The van der Waals surface area contributed by atoms with Gasteiger partial charge in [-0.05, 0) is 24.3 Å². The third kappa shape index (κ3) is 2.20. The van der Waals surface area contributed by atoms with E-state index < -0.39 is 22.0 Å². The molecule has 1 aliphatic heterocycles. The maximum absolute atomic E-state index is 12.2. The van der Waals surface area contributed by atoms with Crippen LogP contribution < -0.4 is 0 Å². The fraction of sp³-hybridized carbons (Fsp3) is 0.444. The zero-order valence-corrected chi connectivity index (χ0v) is 11.1. The summed E-state index contributed by atoms with van der Waals surface area (Å²) in [6, 6.07) is 0.517. The lowest BCUT2D eigenvalue weighted by Crippen LogP contribution is -2.40. The number of hydrogen-bond donors (Lipinski definition) is 1. The third-order valence-corrected chi connectivity index (χ3v) is 6.52. The number of carboxylic acid groups (broad SMARTS) is 1. The molecule has 0 bridgehead atoms. The molecule has 2 heterocycles. The van der Waals surface area contributed by atoms with Crippen molar-refractivity contribution in [3.05, 3.63) is 16.5 Å². The van der Waals surface area contributed by atoms with Crippen molar-refractivity contribution < 1.29 is 18.3 Å². The Bertz CT molecular complexity index is 539. The summed E-state index contributed by atoms with van der Waals surface area (Å²) in [6.07, 6.45) is 0.900. The van der Waals surface area contributed by atoms with E-state index in [4.69, 9.17) is 16.7 Å². The van der Waals surface area contributed by atoms with E-state index in [-0.39, 0.29) is 15.8 Å². The topological polar surface area (TPSA) is 74.7 Å². The number of nitrogens with zero attached hydrogens (tertiary/aromatic N) is 1. The molecular formula is C9H10ClNO4S2. The monoisotopic (exact) mass is 295 g/mol. The normalized spacial score (nSPS) is 21.8. The highest BCUT2D eigenvalue weighted by Crippen LogP contribution is 2.33. The van der Waals surface area contributed by atoms with Gasteiger partial charge in [-0.25, -0.2) is 8.42 Å². The lowest BCUT2D eigenvalue weighted by Gasteiger charge is -2.20. The van der Waals surface area contributed by atoms with Crippen LogP contribution in [0, 0.1) is 0 Å². The predicted molar refractivity (Wildman–Crippen MR) is 63.9 cm³/mol. The van der Waals surface area contributed by atoms with Gasteiger partial charge in [0.1, 0.15) is 6.04 Å². The molecule has 1 fully saturated rings. The van der Waals surface area contributed by atoms with Gasteiger partial charge < -0.3 is 5.11 Å². The molecule has 0 radical (unpaired) electrons. The van der Waals surface area contributed by atoms with Crippen molar-refractivity contribution in [3.63, 3.8) is 0 Å². The summed E-state index contributed by atoms with van der Waals surface area (Å²) in [7, 11) is -3.78.